The highest BCUT2D eigenvalue weighted by molar-refractivity contribution is 6.18. The summed E-state index contributed by atoms with van der Waals surface area (Å²) in [5, 5.41) is 13.7. The fourth-order valence-corrected chi connectivity index (χ4v) is 4.50. The maximum atomic E-state index is 13.1. The molecular formula is C23H27N5O3. The van der Waals surface area contributed by atoms with Crippen LogP contribution in [0.15, 0.2) is 40.8 Å². The predicted molar refractivity (Wildman–Crippen MR) is 120 cm³/mol. The van der Waals surface area contributed by atoms with E-state index >= 15 is 0 Å². The molecule has 31 heavy (non-hydrogen) atoms. The number of allylic oxidation sites excluding steroid dienone is 1. The van der Waals surface area contributed by atoms with Crippen molar-refractivity contribution in [3.05, 3.63) is 41.4 Å². The zero-order valence-corrected chi connectivity index (χ0v) is 17.6. The van der Waals surface area contributed by atoms with Crippen molar-refractivity contribution in [2.45, 2.75) is 31.8 Å². The molecule has 3 aliphatic heterocycles. The molecule has 3 heterocycles. The molecule has 3 N–H and O–H groups in total. The van der Waals surface area contributed by atoms with E-state index in [1.54, 1.807) is 18.5 Å². The van der Waals surface area contributed by atoms with Gasteiger partial charge in [-0.2, -0.15) is 0 Å². The van der Waals surface area contributed by atoms with Crippen LogP contribution in [0.1, 0.15) is 25.3 Å². The first-order valence-corrected chi connectivity index (χ1v) is 10.8. The number of anilines is 2. The van der Waals surface area contributed by atoms with Gasteiger partial charge in [0, 0.05) is 49.8 Å². The van der Waals surface area contributed by atoms with Gasteiger partial charge in [-0.05, 0) is 37.8 Å². The van der Waals surface area contributed by atoms with Crippen molar-refractivity contribution in [2.75, 3.05) is 36.5 Å². The van der Waals surface area contributed by atoms with Gasteiger partial charge in [-0.3, -0.25) is 4.79 Å². The van der Waals surface area contributed by atoms with Gasteiger partial charge in [-0.15, -0.1) is 0 Å². The molecule has 5 rings (SSSR count). The Labute approximate surface area is 181 Å². The number of aliphatic imine (C=N–C) groups is 1. The minimum atomic E-state index is -0.372. The minimum absolute atomic E-state index is 0.164. The van der Waals surface area contributed by atoms with E-state index in [1.807, 2.05) is 6.07 Å². The summed E-state index contributed by atoms with van der Waals surface area (Å²) in [5.74, 6) is 1.49. The van der Waals surface area contributed by atoms with Crippen molar-refractivity contribution in [3.63, 3.8) is 0 Å². The monoisotopic (exact) mass is 421 g/mol. The lowest BCUT2D eigenvalue weighted by molar-refractivity contribution is -0.112. The molecule has 0 bridgehead atoms. The number of rotatable bonds is 5. The molecule has 1 aliphatic carbocycles. The van der Waals surface area contributed by atoms with Gasteiger partial charge in [0.05, 0.1) is 30.2 Å². The number of morpholine rings is 1. The Balaban J connectivity index is 1.48. The summed E-state index contributed by atoms with van der Waals surface area (Å²) < 4.78 is 11.9. The molecule has 8 nitrogen and oxygen atoms in total. The van der Waals surface area contributed by atoms with Gasteiger partial charge in [0.25, 0.3) is 5.91 Å². The third kappa shape index (κ3) is 3.83. The second-order valence-electron chi connectivity index (χ2n) is 8.58. The number of ether oxygens (including phenoxy) is 2. The summed E-state index contributed by atoms with van der Waals surface area (Å²) >= 11 is 0. The summed E-state index contributed by atoms with van der Waals surface area (Å²) in [4.78, 5) is 19.5. The third-order valence-corrected chi connectivity index (χ3v) is 6.35. The minimum Gasteiger partial charge on any atom is -0.487 e. The van der Waals surface area contributed by atoms with E-state index in [9.17, 15) is 4.79 Å². The smallest absolute Gasteiger partial charge is 0.261 e. The van der Waals surface area contributed by atoms with Crippen LogP contribution in [0.3, 0.4) is 0 Å². The fourth-order valence-electron chi connectivity index (χ4n) is 4.50. The van der Waals surface area contributed by atoms with Crippen molar-refractivity contribution in [1.29, 1.82) is 5.41 Å². The highest BCUT2D eigenvalue weighted by atomic mass is 16.5. The van der Waals surface area contributed by atoms with Crippen LogP contribution in [0.2, 0.25) is 0 Å². The van der Waals surface area contributed by atoms with Crippen LogP contribution in [0, 0.1) is 11.3 Å². The molecule has 1 aromatic rings. The van der Waals surface area contributed by atoms with Crippen LogP contribution in [0.5, 0.6) is 5.75 Å². The maximum absolute atomic E-state index is 13.1. The number of amides is 1. The Kier molecular flexibility index (Phi) is 5.02. The molecule has 0 radical (unpaired) electrons. The molecule has 1 saturated carbocycles. The zero-order chi connectivity index (χ0) is 21.4. The highest BCUT2D eigenvalue weighted by Gasteiger charge is 2.47. The first-order chi connectivity index (χ1) is 15.1. The van der Waals surface area contributed by atoms with Gasteiger partial charge >= 0.3 is 0 Å². The standard InChI is InChI=1S/C23H27N5O3/c1-23(16-3-4-16)13-15-11-18(19(12-20(15)31-23)28-7-9-30-10-8-28)27-22(29)17(14-24)21-25-5-2-6-26-21/h2,5-6,11-12,14,16,24-25H,3-4,7-10,13H2,1H3,(H,27,29)/b21-17-,24-14?. The zero-order valence-electron chi connectivity index (χ0n) is 17.6. The maximum Gasteiger partial charge on any atom is 0.261 e. The largest absolute Gasteiger partial charge is 0.487 e. The van der Waals surface area contributed by atoms with Crippen LogP contribution in [0.4, 0.5) is 11.4 Å². The van der Waals surface area contributed by atoms with Crippen LogP contribution in [-0.2, 0) is 16.0 Å². The molecule has 1 amide bonds. The molecule has 0 aromatic heterocycles. The predicted octanol–water partition coefficient (Wildman–Crippen LogP) is 2.61. The number of hydrogen-bond donors (Lipinski definition) is 3. The lowest BCUT2D eigenvalue weighted by atomic mass is 9.94. The van der Waals surface area contributed by atoms with E-state index < -0.39 is 0 Å². The van der Waals surface area contributed by atoms with Crippen LogP contribution in [-0.4, -0.2) is 50.2 Å². The van der Waals surface area contributed by atoms with E-state index in [0.29, 0.717) is 25.0 Å². The van der Waals surface area contributed by atoms with Crippen LogP contribution in [0.25, 0.3) is 0 Å². The molecule has 4 aliphatic rings. The van der Waals surface area contributed by atoms with Crippen molar-refractivity contribution in [3.8, 4) is 5.75 Å². The Morgan fingerprint density at radius 2 is 2.16 bits per heavy atom. The Hall–Kier alpha value is -3.13. The van der Waals surface area contributed by atoms with Gasteiger partial charge < -0.3 is 30.4 Å². The molecule has 162 valence electrons. The van der Waals surface area contributed by atoms with Crippen molar-refractivity contribution >= 4 is 29.7 Å². The van der Waals surface area contributed by atoms with Gasteiger partial charge in [-0.25, -0.2) is 4.99 Å². The number of hydrogen-bond acceptors (Lipinski definition) is 7. The molecule has 8 heteroatoms. The first kappa shape index (κ1) is 19.8. The number of benzene rings is 1. The summed E-state index contributed by atoms with van der Waals surface area (Å²) in [6, 6.07) is 4.09. The number of fused-ring (bicyclic) bond motifs is 1. The lowest BCUT2D eigenvalue weighted by Gasteiger charge is -2.31. The van der Waals surface area contributed by atoms with E-state index in [2.05, 4.69) is 33.5 Å². The summed E-state index contributed by atoms with van der Waals surface area (Å²) in [5.41, 5.74) is 2.77. The molecule has 0 spiro atoms. The number of nitrogens with zero attached hydrogens (tertiary/aromatic N) is 2. The van der Waals surface area contributed by atoms with Crippen molar-refractivity contribution in [1.82, 2.24) is 5.32 Å². The SMILES string of the molecule is CC1(C2CC2)Cc2cc(NC(=O)/C(C=N)=C3\N=CC=CN3)c(N3CCOCC3)cc2O1. The average molecular weight is 422 g/mol. The first-order valence-electron chi connectivity index (χ1n) is 10.8. The molecule has 2 fully saturated rings. The van der Waals surface area contributed by atoms with E-state index in [0.717, 1.165) is 48.4 Å². The fraction of sp³-hybridized carbons (Fsp3) is 0.435. The van der Waals surface area contributed by atoms with E-state index in [-0.39, 0.29) is 17.1 Å². The van der Waals surface area contributed by atoms with E-state index in [4.69, 9.17) is 14.9 Å². The number of nitrogens with one attached hydrogen (secondary N) is 3. The van der Waals surface area contributed by atoms with Gasteiger partial charge in [-0.1, -0.05) is 0 Å². The van der Waals surface area contributed by atoms with Crippen molar-refractivity contribution < 1.29 is 14.3 Å². The number of carbonyl (C=O) groups excluding carboxylic acids is 1. The second-order valence-corrected chi connectivity index (χ2v) is 8.58. The van der Waals surface area contributed by atoms with E-state index in [1.165, 1.54) is 12.8 Å². The van der Waals surface area contributed by atoms with Gasteiger partial charge in [0.2, 0.25) is 0 Å². The molecule has 1 aromatic carbocycles. The van der Waals surface area contributed by atoms with Crippen LogP contribution < -0.4 is 20.3 Å². The highest BCUT2D eigenvalue weighted by Crippen LogP contribution is 2.50. The van der Waals surface area contributed by atoms with Crippen LogP contribution >= 0.6 is 0 Å². The molecule has 1 unspecified atom stereocenters. The molecular weight excluding hydrogens is 394 g/mol. The normalized spacial score (nSPS) is 26.0. The quantitative estimate of drug-likeness (QED) is 0.501. The topological polar surface area (TPSA) is 99.0 Å². The Morgan fingerprint density at radius 1 is 1.35 bits per heavy atom. The molecule has 1 saturated heterocycles. The Bertz CT molecular complexity index is 1000. The molecule has 1 atom stereocenters. The summed E-state index contributed by atoms with van der Waals surface area (Å²) in [6.45, 7) is 4.97. The Morgan fingerprint density at radius 3 is 2.84 bits per heavy atom. The van der Waals surface area contributed by atoms with Gasteiger partial charge in [0.1, 0.15) is 17.2 Å². The van der Waals surface area contributed by atoms with Gasteiger partial charge in [0.15, 0.2) is 0 Å². The van der Waals surface area contributed by atoms with Crippen molar-refractivity contribution in [2.24, 2.45) is 10.9 Å². The lowest BCUT2D eigenvalue weighted by Crippen LogP contribution is -2.37. The average Bonchev–Trinajstić information content (AvgIpc) is 3.59. The number of carbonyl (C=O) groups is 1. The third-order valence-electron chi connectivity index (χ3n) is 6.35. The second kappa shape index (κ2) is 7.85. The summed E-state index contributed by atoms with van der Waals surface area (Å²) in [6.07, 6.45) is 9.30. The summed E-state index contributed by atoms with van der Waals surface area (Å²) in [7, 11) is 0.